The van der Waals surface area contributed by atoms with Crippen LogP contribution in [0.4, 0.5) is 15.8 Å². The normalized spacial score (nSPS) is 10.8. The highest BCUT2D eigenvalue weighted by Crippen LogP contribution is 2.21. The molecule has 0 unspecified atom stereocenters. The zero-order valence-corrected chi connectivity index (χ0v) is 17.7. The molecule has 0 aliphatic heterocycles. The lowest BCUT2D eigenvalue weighted by atomic mass is 10.1. The topological polar surface area (TPSA) is 88.9 Å². The number of carbonyl (C=O) groups excluding carboxylic acids is 2. The van der Waals surface area contributed by atoms with Crippen molar-refractivity contribution in [3.05, 3.63) is 65.7 Å². The van der Waals surface area contributed by atoms with Crippen molar-refractivity contribution >= 4 is 35.0 Å². The molecule has 7 nitrogen and oxygen atoms in total. The number of halogens is 1. The maximum absolute atomic E-state index is 13.0. The summed E-state index contributed by atoms with van der Waals surface area (Å²) in [5, 5.41) is 14.4. The highest BCUT2D eigenvalue weighted by Gasteiger charge is 2.16. The SMILES string of the molecule is CC(C)c1nnc(SCC(=O)Nc2ccccc2C(=O)Nc2ccc(F)cc2)n1C. The van der Waals surface area contributed by atoms with Crippen LogP contribution in [0, 0.1) is 5.82 Å². The quantitative estimate of drug-likeness (QED) is 0.555. The highest BCUT2D eigenvalue weighted by atomic mass is 32.2. The Labute approximate surface area is 178 Å². The predicted octanol–water partition coefficient (Wildman–Crippen LogP) is 4.06. The maximum atomic E-state index is 13.0. The van der Waals surface area contributed by atoms with Gasteiger partial charge in [0.15, 0.2) is 5.16 Å². The Kier molecular flexibility index (Phi) is 6.83. The Morgan fingerprint density at radius 2 is 1.77 bits per heavy atom. The Bertz CT molecular complexity index is 1050. The molecule has 3 aromatic rings. The standard InChI is InChI=1S/C21H22FN5O2S/c1-13(2)19-25-26-21(27(19)3)30-12-18(28)24-17-7-5-4-6-16(17)20(29)23-15-10-8-14(22)9-11-15/h4-11,13H,12H2,1-3H3,(H,23,29)(H,24,28). The van der Waals surface area contributed by atoms with Crippen LogP contribution in [0.25, 0.3) is 0 Å². The van der Waals surface area contributed by atoms with E-state index in [1.54, 1.807) is 24.3 Å². The molecule has 0 bridgehead atoms. The minimum Gasteiger partial charge on any atom is -0.325 e. The molecule has 0 spiro atoms. The fraction of sp³-hybridized carbons (Fsp3) is 0.238. The van der Waals surface area contributed by atoms with Gasteiger partial charge in [-0.3, -0.25) is 9.59 Å². The Morgan fingerprint density at radius 3 is 2.43 bits per heavy atom. The summed E-state index contributed by atoms with van der Waals surface area (Å²) in [4.78, 5) is 25.1. The largest absolute Gasteiger partial charge is 0.325 e. The molecular formula is C21H22FN5O2S. The van der Waals surface area contributed by atoms with E-state index in [0.717, 1.165) is 5.82 Å². The minimum absolute atomic E-state index is 0.123. The number of nitrogens with zero attached hydrogens (tertiary/aromatic N) is 3. The van der Waals surface area contributed by atoms with Crippen LogP contribution >= 0.6 is 11.8 Å². The van der Waals surface area contributed by atoms with E-state index in [1.165, 1.54) is 36.0 Å². The Hall–Kier alpha value is -3.20. The predicted molar refractivity (Wildman–Crippen MR) is 115 cm³/mol. The van der Waals surface area contributed by atoms with Crippen molar-refractivity contribution in [3.63, 3.8) is 0 Å². The minimum atomic E-state index is -0.403. The van der Waals surface area contributed by atoms with E-state index in [1.807, 2.05) is 25.5 Å². The van der Waals surface area contributed by atoms with Crippen molar-refractivity contribution in [1.82, 2.24) is 14.8 Å². The number of hydrogen-bond donors (Lipinski definition) is 2. The van der Waals surface area contributed by atoms with Crippen molar-refractivity contribution in [1.29, 1.82) is 0 Å². The molecule has 0 saturated carbocycles. The lowest BCUT2D eigenvalue weighted by Crippen LogP contribution is -2.19. The van der Waals surface area contributed by atoms with Gasteiger partial charge in [0.2, 0.25) is 5.91 Å². The monoisotopic (exact) mass is 427 g/mol. The van der Waals surface area contributed by atoms with Gasteiger partial charge in [-0.2, -0.15) is 0 Å². The summed E-state index contributed by atoms with van der Waals surface area (Å²) in [5.74, 6) is 0.147. The molecule has 0 aliphatic carbocycles. The first-order valence-electron chi connectivity index (χ1n) is 9.33. The number of anilines is 2. The number of amides is 2. The van der Waals surface area contributed by atoms with Gasteiger partial charge in [0.1, 0.15) is 11.6 Å². The summed E-state index contributed by atoms with van der Waals surface area (Å²) < 4.78 is 14.9. The summed E-state index contributed by atoms with van der Waals surface area (Å²) in [6.45, 7) is 4.05. The molecule has 1 aromatic heterocycles. The van der Waals surface area contributed by atoms with Crippen molar-refractivity contribution in [2.75, 3.05) is 16.4 Å². The molecule has 30 heavy (non-hydrogen) atoms. The number of hydrogen-bond acceptors (Lipinski definition) is 5. The number of carbonyl (C=O) groups is 2. The molecule has 156 valence electrons. The van der Waals surface area contributed by atoms with Crippen LogP contribution in [0.15, 0.2) is 53.7 Å². The molecule has 2 aromatic carbocycles. The first-order valence-corrected chi connectivity index (χ1v) is 10.3. The van der Waals surface area contributed by atoms with Gasteiger partial charge in [-0.1, -0.05) is 37.7 Å². The zero-order valence-electron chi connectivity index (χ0n) is 16.8. The van der Waals surface area contributed by atoms with Gasteiger partial charge in [0.05, 0.1) is 17.0 Å². The average molecular weight is 428 g/mol. The second-order valence-corrected chi connectivity index (χ2v) is 7.84. The molecular weight excluding hydrogens is 405 g/mol. The maximum Gasteiger partial charge on any atom is 0.257 e. The van der Waals surface area contributed by atoms with Crippen molar-refractivity contribution in [2.24, 2.45) is 7.05 Å². The number of thioether (sulfide) groups is 1. The summed E-state index contributed by atoms with van der Waals surface area (Å²) in [6.07, 6.45) is 0. The average Bonchev–Trinajstić information content (AvgIpc) is 3.09. The molecule has 0 aliphatic rings. The molecule has 0 radical (unpaired) electrons. The van der Waals surface area contributed by atoms with Gasteiger partial charge in [-0.05, 0) is 36.4 Å². The number of benzene rings is 2. The van der Waals surface area contributed by atoms with Crippen LogP contribution in [0.5, 0.6) is 0 Å². The van der Waals surface area contributed by atoms with Crippen LogP contribution in [0.1, 0.15) is 35.9 Å². The molecule has 3 rings (SSSR count). The van der Waals surface area contributed by atoms with Gasteiger partial charge < -0.3 is 15.2 Å². The van der Waals surface area contributed by atoms with Gasteiger partial charge in [0.25, 0.3) is 5.91 Å². The lowest BCUT2D eigenvalue weighted by Gasteiger charge is -2.11. The molecule has 1 heterocycles. The second kappa shape index (κ2) is 9.53. The molecule has 0 atom stereocenters. The van der Waals surface area contributed by atoms with E-state index in [2.05, 4.69) is 20.8 Å². The fourth-order valence-electron chi connectivity index (χ4n) is 2.79. The van der Waals surface area contributed by atoms with Crippen LogP contribution in [-0.4, -0.2) is 32.3 Å². The van der Waals surface area contributed by atoms with Gasteiger partial charge in [0, 0.05) is 18.7 Å². The van der Waals surface area contributed by atoms with Crippen molar-refractivity contribution in [2.45, 2.75) is 24.9 Å². The summed E-state index contributed by atoms with van der Waals surface area (Å²) in [6, 6.07) is 12.2. The smallest absolute Gasteiger partial charge is 0.257 e. The Morgan fingerprint density at radius 1 is 1.07 bits per heavy atom. The van der Waals surface area contributed by atoms with Gasteiger partial charge in [-0.25, -0.2) is 4.39 Å². The summed E-state index contributed by atoms with van der Waals surface area (Å²) >= 11 is 1.27. The van der Waals surface area contributed by atoms with Crippen LogP contribution in [0.3, 0.4) is 0 Å². The summed E-state index contributed by atoms with van der Waals surface area (Å²) in [7, 11) is 1.87. The third-order valence-corrected chi connectivity index (χ3v) is 5.29. The van der Waals surface area contributed by atoms with E-state index in [9.17, 15) is 14.0 Å². The number of nitrogens with one attached hydrogen (secondary N) is 2. The first-order chi connectivity index (χ1) is 14.3. The van der Waals surface area contributed by atoms with E-state index in [-0.39, 0.29) is 23.4 Å². The van der Waals surface area contributed by atoms with E-state index in [0.29, 0.717) is 22.1 Å². The zero-order chi connectivity index (χ0) is 21.7. The lowest BCUT2D eigenvalue weighted by molar-refractivity contribution is -0.113. The molecule has 2 N–H and O–H groups in total. The number of rotatable bonds is 7. The third kappa shape index (κ3) is 5.24. The van der Waals surface area contributed by atoms with Crippen LogP contribution in [0.2, 0.25) is 0 Å². The second-order valence-electron chi connectivity index (χ2n) is 6.90. The number of aromatic nitrogens is 3. The Balaban J connectivity index is 1.64. The number of para-hydroxylation sites is 1. The first kappa shape index (κ1) is 21.5. The van der Waals surface area contributed by atoms with E-state index < -0.39 is 5.91 Å². The van der Waals surface area contributed by atoms with Gasteiger partial charge >= 0.3 is 0 Å². The third-order valence-electron chi connectivity index (χ3n) is 4.27. The van der Waals surface area contributed by atoms with Crippen molar-refractivity contribution < 1.29 is 14.0 Å². The molecule has 9 heteroatoms. The molecule has 2 amide bonds. The van der Waals surface area contributed by atoms with E-state index in [4.69, 9.17) is 0 Å². The fourth-order valence-corrected chi connectivity index (χ4v) is 3.51. The highest BCUT2D eigenvalue weighted by molar-refractivity contribution is 7.99. The van der Waals surface area contributed by atoms with E-state index >= 15 is 0 Å². The van der Waals surface area contributed by atoms with Crippen LogP contribution < -0.4 is 10.6 Å². The molecule has 0 saturated heterocycles. The van der Waals surface area contributed by atoms with Crippen LogP contribution in [-0.2, 0) is 11.8 Å². The molecule has 0 fully saturated rings. The van der Waals surface area contributed by atoms with Crippen molar-refractivity contribution in [3.8, 4) is 0 Å². The summed E-state index contributed by atoms with van der Waals surface area (Å²) in [5.41, 5.74) is 1.16. The van der Waals surface area contributed by atoms with Gasteiger partial charge in [-0.15, -0.1) is 10.2 Å².